The normalized spacial score (nSPS) is 23.4. The summed E-state index contributed by atoms with van der Waals surface area (Å²) in [5.41, 5.74) is 0.427. The largest absolute Gasteiger partial charge is 0.463 e. The summed E-state index contributed by atoms with van der Waals surface area (Å²) in [6, 6.07) is 4.98. The molecule has 0 unspecified atom stereocenters. The molecule has 1 N–H and O–H groups in total. The van der Waals surface area contributed by atoms with Crippen LogP contribution in [0.4, 0.5) is 0 Å². The molecule has 0 bridgehead atoms. The Balaban J connectivity index is 2.02. The van der Waals surface area contributed by atoms with Crippen LogP contribution >= 0.6 is 0 Å². The van der Waals surface area contributed by atoms with E-state index in [9.17, 15) is 24.0 Å². The van der Waals surface area contributed by atoms with Crippen molar-refractivity contribution >= 4 is 34.8 Å². The van der Waals surface area contributed by atoms with E-state index in [0.717, 1.165) is 13.8 Å². The minimum atomic E-state index is -1.29. The maximum Gasteiger partial charge on any atom is 0.336 e. The van der Waals surface area contributed by atoms with Crippen LogP contribution in [0.5, 0.6) is 5.75 Å². The maximum atomic E-state index is 12.0. The molecule has 1 aromatic heterocycles. The summed E-state index contributed by atoms with van der Waals surface area (Å²) in [5.74, 6) is -2.35. The molecule has 1 aromatic carbocycles. The molecule has 3 rings (SSSR count). The van der Waals surface area contributed by atoms with Gasteiger partial charge in [0.05, 0.1) is 0 Å². The number of carbonyl (C=O) groups is 4. The highest BCUT2D eigenvalue weighted by molar-refractivity contribution is 5.81. The minimum Gasteiger partial charge on any atom is -0.463 e. The Bertz CT molecular complexity index is 1220. The highest BCUT2D eigenvalue weighted by atomic mass is 16.7. The average Bonchev–Trinajstić information content (AvgIpc) is 2.75. The predicted octanol–water partition coefficient (Wildman–Crippen LogP) is 1.14. The third-order valence-corrected chi connectivity index (χ3v) is 5.25. The Kier molecular flexibility index (Phi) is 8.30. The zero-order valence-electron chi connectivity index (χ0n) is 20.4. The zero-order valence-corrected chi connectivity index (χ0v) is 20.4. The van der Waals surface area contributed by atoms with Crippen molar-refractivity contribution < 1.29 is 47.3 Å². The lowest BCUT2D eigenvalue weighted by Gasteiger charge is -2.44. The van der Waals surface area contributed by atoms with Crippen LogP contribution in [0.2, 0.25) is 0 Å². The van der Waals surface area contributed by atoms with Crippen molar-refractivity contribution in [1.29, 1.82) is 0 Å². The van der Waals surface area contributed by atoms with Gasteiger partial charge in [0.2, 0.25) is 12.2 Å². The number of benzene rings is 1. The third kappa shape index (κ3) is 6.60. The third-order valence-electron chi connectivity index (χ3n) is 5.25. The number of esters is 3. The van der Waals surface area contributed by atoms with E-state index in [4.69, 9.17) is 28.1 Å². The van der Waals surface area contributed by atoms with Crippen molar-refractivity contribution in [2.24, 2.45) is 0 Å². The summed E-state index contributed by atoms with van der Waals surface area (Å²) in [6.45, 7) is 6.12. The maximum absolute atomic E-state index is 12.0. The van der Waals surface area contributed by atoms with E-state index in [2.05, 4.69) is 5.32 Å². The molecule has 1 aliphatic rings. The number of amides is 1. The van der Waals surface area contributed by atoms with Crippen LogP contribution in [0.1, 0.15) is 33.3 Å². The molecule has 1 saturated heterocycles. The van der Waals surface area contributed by atoms with E-state index in [1.54, 1.807) is 19.1 Å². The fraction of sp³-hybridized carbons (Fsp3) is 0.458. The summed E-state index contributed by atoms with van der Waals surface area (Å²) < 4.78 is 33.1. The van der Waals surface area contributed by atoms with Gasteiger partial charge in [0.1, 0.15) is 30.1 Å². The lowest BCUT2D eigenvalue weighted by Crippen LogP contribution is -2.67. The molecule has 12 heteroatoms. The molecule has 12 nitrogen and oxygen atoms in total. The van der Waals surface area contributed by atoms with Crippen LogP contribution in [0.3, 0.4) is 0 Å². The molecule has 36 heavy (non-hydrogen) atoms. The van der Waals surface area contributed by atoms with E-state index >= 15 is 0 Å². The van der Waals surface area contributed by atoms with Gasteiger partial charge in [0, 0.05) is 45.2 Å². The topological polar surface area (TPSA) is 157 Å². The molecule has 194 valence electrons. The Morgan fingerprint density at radius 3 is 2.22 bits per heavy atom. The molecule has 0 spiro atoms. The van der Waals surface area contributed by atoms with Gasteiger partial charge in [-0.05, 0) is 24.6 Å². The molecule has 0 radical (unpaired) electrons. The van der Waals surface area contributed by atoms with Crippen LogP contribution in [-0.4, -0.2) is 61.1 Å². The highest BCUT2D eigenvalue weighted by Crippen LogP contribution is 2.30. The number of rotatable bonds is 7. The number of carbonyl (C=O) groups excluding carboxylic acids is 4. The minimum absolute atomic E-state index is 0.204. The monoisotopic (exact) mass is 505 g/mol. The standard InChI is InChI=1S/C24H27NO11/c1-11-8-20(30)35-18-9-16(6-7-17(11)18)34-24-21(25-12(2)26)23(33-15(5)29)22(32-14(4)28)19(36-24)10-31-13(3)27/h6-9,19,21-24H,10H2,1-5H3,(H,25,26)/t19-,21-,22-,23-,24-/m1/s1. The van der Waals surface area contributed by atoms with Gasteiger partial charge >= 0.3 is 23.5 Å². The van der Waals surface area contributed by atoms with Crippen molar-refractivity contribution in [2.75, 3.05) is 6.61 Å². The number of hydrogen-bond acceptors (Lipinski definition) is 11. The van der Waals surface area contributed by atoms with Crippen molar-refractivity contribution in [3.8, 4) is 5.75 Å². The van der Waals surface area contributed by atoms with Crippen LogP contribution in [0.15, 0.2) is 33.5 Å². The molecule has 1 aliphatic heterocycles. The van der Waals surface area contributed by atoms with E-state index in [0.29, 0.717) is 10.9 Å². The summed E-state index contributed by atoms with van der Waals surface area (Å²) in [5, 5.41) is 3.30. The van der Waals surface area contributed by atoms with Gasteiger partial charge in [-0.15, -0.1) is 0 Å². The number of hydrogen-bond donors (Lipinski definition) is 1. The van der Waals surface area contributed by atoms with Crippen LogP contribution < -0.4 is 15.7 Å². The number of aryl methyl sites for hydroxylation is 1. The molecule has 1 fully saturated rings. The Morgan fingerprint density at radius 2 is 1.61 bits per heavy atom. The molecule has 0 saturated carbocycles. The fourth-order valence-electron chi connectivity index (χ4n) is 3.90. The smallest absolute Gasteiger partial charge is 0.336 e. The average molecular weight is 505 g/mol. The van der Waals surface area contributed by atoms with Crippen molar-refractivity contribution in [3.05, 3.63) is 40.2 Å². The van der Waals surface area contributed by atoms with Crippen LogP contribution in [0, 0.1) is 6.92 Å². The first-order chi connectivity index (χ1) is 16.9. The van der Waals surface area contributed by atoms with Gasteiger partial charge < -0.3 is 33.4 Å². The first-order valence-electron chi connectivity index (χ1n) is 11.1. The Morgan fingerprint density at radius 1 is 0.944 bits per heavy atom. The van der Waals surface area contributed by atoms with Crippen molar-refractivity contribution in [3.63, 3.8) is 0 Å². The SMILES string of the molecule is CC(=O)N[C@H]1[C@H](Oc2ccc3c(C)cc(=O)oc3c2)O[C@H](COC(C)=O)[C@@H](OC(C)=O)[C@@H]1OC(C)=O. The lowest BCUT2D eigenvalue weighted by molar-refractivity contribution is -0.257. The van der Waals surface area contributed by atoms with Crippen molar-refractivity contribution in [2.45, 2.75) is 65.3 Å². The summed E-state index contributed by atoms with van der Waals surface area (Å²) in [7, 11) is 0. The lowest BCUT2D eigenvalue weighted by atomic mass is 9.96. The molecular weight excluding hydrogens is 478 g/mol. The fourth-order valence-corrected chi connectivity index (χ4v) is 3.90. The molecular formula is C24H27NO11. The van der Waals surface area contributed by atoms with Gasteiger partial charge in [-0.1, -0.05) is 0 Å². The number of ether oxygens (including phenoxy) is 5. The predicted molar refractivity (Wildman–Crippen MR) is 122 cm³/mol. The second-order valence-corrected chi connectivity index (χ2v) is 8.24. The number of nitrogens with one attached hydrogen (secondary N) is 1. The first kappa shape index (κ1) is 26.7. The van der Waals surface area contributed by atoms with E-state index < -0.39 is 60.1 Å². The summed E-state index contributed by atoms with van der Waals surface area (Å²) >= 11 is 0. The van der Waals surface area contributed by atoms with E-state index in [1.165, 1.54) is 26.0 Å². The second kappa shape index (κ2) is 11.2. The Hall–Kier alpha value is -3.93. The molecule has 1 amide bonds. The molecule has 0 aliphatic carbocycles. The number of fused-ring (bicyclic) bond motifs is 1. The quantitative estimate of drug-likeness (QED) is 0.327. The zero-order chi connectivity index (χ0) is 26.6. The molecule has 2 aromatic rings. The molecule has 5 atom stereocenters. The van der Waals surface area contributed by atoms with Crippen LogP contribution in [-0.2, 0) is 38.1 Å². The van der Waals surface area contributed by atoms with Gasteiger partial charge in [-0.2, -0.15) is 0 Å². The van der Waals surface area contributed by atoms with Crippen LogP contribution in [0.25, 0.3) is 11.0 Å². The van der Waals surface area contributed by atoms with Gasteiger partial charge in [-0.25, -0.2) is 4.79 Å². The van der Waals surface area contributed by atoms with E-state index in [-0.39, 0.29) is 17.9 Å². The van der Waals surface area contributed by atoms with Gasteiger partial charge in [0.15, 0.2) is 12.2 Å². The van der Waals surface area contributed by atoms with Gasteiger partial charge in [0.25, 0.3) is 0 Å². The second-order valence-electron chi connectivity index (χ2n) is 8.24. The van der Waals surface area contributed by atoms with E-state index in [1.807, 2.05) is 0 Å². The summed E-state index contributed by atoms with van der Waals surface area (Å²) in [4.78, 5) is 59.0. The molecule has 2 heterocycles. The first-order valence-corrected chi connectivity index (χ1v) is 11.1. The summed E-state index contributed by atoms with van der Waals surface area (Å²) in [6.07, 6.45) is -4.90. The van der Waals surface area contributed by atoms with Crippen molar-refractivity contribution in [1.82, 2.24) is 5.32 Å². The highest BCUT2D eigenvalue weighted by Gasteiger charge is 2.52. The van der Waals surface area contributed by atoms with Gasteiger partial charge in [-0.3, -0.25) is 19.2 Å². The Labute approximate surface area is 205 Å².